The Morgan fingerprint density at radius 1 is 1.08 bits per heavy atom. The van der Waals surface area contributed by atoms with Gasteiger partial charge in [-0.05, 0) is 18.6 Å². The predicted molar refractivity (Wildman–Crippen MR) is 109 cm³/mol. The van der Waals surface area contributed by atoms with Crippen molar-refractivity contribution >= 4 is 22.6 Å². The molecule has 0 aliphatic carbocycles. The number of thioether (sulfide) groups is 1. The number of rotatable bonds is 5. The van der Waals surface area contributed by atoms with Gasteiger partial charge in [0.15, 0.2) is 0 Å². The van der Waals surface area contributed by atoms with Crippen LogP contribution in [0, 0.1) is 18.3 Å². The van der Waals surface area contributed by atoms with Gasteiger partial charge in [0, 0.05) is 28.2 Å². The molecule has 0 radical (unpaired) electrons. The summed E-state index contributed by atoms with van der Waals surface area (Å²) in [5, 5.41) is 10.8. The average Bonchev–Trinajstić information content (AvgIpc) is 2.66. The van der Waals surface area contributed by atoms with Gasteiger partial charge < -0.3 is 0 Å². The molecule has 130 valence electrons. The van der Waals surface area contributed by atoms with E-state index in [0.717, 1.165) is 22.4 Å². The Balaban J connectivity index is 2.19. The first-order chi connectivity index (χ1) is 12.6. The van der Waals surface area contributed by atoms with Gasteiger partial charge in [0.05, 0.1) is 16.3 Å². The zero-order chi connectivity index (χ0) is 18.5. The number of hydrogen-bond acceptors (Lipinski definition) is 4. The Morgan fingerprint density at radius 3 is 2.38 bits per heavy atom. The van der Waals surface area contributed by atoms with Crippen LogP contribution in [0.3, 0.4) is 0 Å². The monoisotopic (exact) mass is 378 g/mol. The van der Waals surface area contributed by atoms with E-state index in [4.69, 9.17) is 4.98 Å². The quantitative estimate of drug-likeness (QED) is 0.585. The van der Waals surface area contributed by atoms with E-state index >= 15 is 0 Å². The molecular formula is C21H18N2OS2. The lowest BCUT2D eigenvalue weighted by molar-refractivity contribution is 0.689. The number of pyridine rings is 1. The molecule has 1 atom stereocenters. The Kier molecular flexibility index (Phi) is 5.87. The lowest BCUT2D eigenvalue weighted by Gasteiger charge is -2.12. The molecule has 1 aromatic heterocycles. The van der Waals surface area contributed by atoms with Crippen molar-refractivity contribution < 1.29 is 4.21 Å². The summed E-state index contributed by atoms with van der Waals surface area (Å²) >= 11 is 1.37. The third-order valence-corrected chi connectivity index (χ3v) is 6.26. The fourth-order valence-corrected chi connectivity index (χ4v) is 4.16. The zero-order valence-corrected chi connectivity index (χ0v) is 16.2. The maximum atomic E-state index is 11.5. The number of nitriles is 1. The summed E-state index contributed by atoms with van der Waals surface area (Å²) in [6, 6.07) is 22.3. The molecule has 2 aromatic carbocycles. The number of benzene rings is 2. The maximum absolute atomic E-state index is 11.5. The SMILES string of the molecule is Cc1ccc(-c2cc(-c3ccccc3)c(C#N)c(SC[S@@](C)=O)n2)cc1. The maximum Gasteiger partial charge on any atom is 0.116 e. The number of hydrogen-bond donors (Lipinski definition) is 0. The van der Waals surface area contributed by atoms with Gasteiger partial charge in [-0.25, -0.2) is 4.98 Å². The Morgan fingerprint density at radius 2 is 1.77 bits per heavy atom. The van der Waals surface area contributed by atoms with Crippen LogP contribution in [-0.4, -0.2) is 20.5 Å². The van der Waals surface area contributed by atoms with Gasteiger partial charge in [0.2, 0.25) is 0 Å². The molecule has 1 heterocycles. The van der Waals surface area contributed by atoms with Crippen molar-refractivity contribution in [2.45, 2.75) is 11.9 Å². The second-order valence-corrected chi connectivity index (χ2v) is 8.68. The minimum Gasteiger partial charge on any atom is -0.259 e. The molecule has 0 amide bonds. The topological polar surface area (TPSA) is 53.8 Å². The molecule has 0 saturated carbocycles. The molecule has 0 aliphatic rings. The largest absolute Gasteiger partial charge is 0.259 e. The molecule has 3 aromatic rings. The third-order valence-electron chi connectivity index (χ3n) is 3.89. The van der Waals surface area contributed by atoms with E-state index in [1.165, 1.54) is 17.3 Å². The highest BCUT2D eigenvalue weighted by Gasteiger charge is 2.16. The van der Waals surface area contributed by atoms with Crippen LogP contribution in [0.25, 0.3) is 22.4 Å². The first kappa shape index (κ1) is 18.4. The Hall–Kier alpha value is -2.42. The van der Waals surface area contributed by atoms with Gasteiger partial charge in [-0.3, -0.25) is 4.21 Å². The van der Waals surface area contributed by atoms with Crippen molar-refractivity contribution in [1.82, 2.24) is 4.98 Å². The van der Waals surface area contributed by atoms with Crippen molar-refractivity contribution in [1.29, 1.82) is 5.26 Å². The predicted octanol–water partition coefficient (Wildman–Crippen LogP) is 5.02. The highest BCUT2D eigenvalue weighted by molar-refractivity contribution is 8.10. The van der Waals surface area contributed by atoms with Crippen molar-refractivity contribution in [3.05, 3.63) is 71.8 Å². The smallest absolute Gasteiger partial charge is 0.116 e. The molecule has 3 nitrogen and oxygen atoms in total. The summed E-state index contributed by atoms with van der Waals surface area (Å²) in [6.07, 6.45) is 1.65. The lowest BCUT2D eigenvalue weighted by Crippen LogP contribution is -1.98. The van der Waals surface area contributed by atoms with Gasteiger partial charge >= 0.3 is 0 Å². The van der Waals surface area contributed by atoms with Crippen LogP contribution in [0.2, 0.25) is 0 Å². The molecule has 0 bridgehead atoms. The molecule has 0 N–H and O–H groups in total. The standard InChI is InChI=1S/C21H18N2OS2/c1-15-8-10-17(11-9-15)20-12-18(16-6-4-3-5-7-16)19(13-22)21(23-20)25-14-26(2)24/h3-12H,14H2,1-2H3/t26-/m1/s1. The van der Waals surface area contributed by atoms with Crippen LogP contribution in [-0.2, 0) is 10.8 Å². The minimum atomic E-state index is -0.968. The molecule has 26 heavy (non-hydrogen) atoms. The summed E-state index contributed by atoms with van der Waals surface area (Å²) in [5.74, 6) is 0. The molecule has 3 rings (SSSR count). The van der Waals surface area contributed by atoms with Crippen LogP contribution in [0.1, 0.15) is 11.1 Å². The van der Waals surface area contributed by atoms with Gasteiger partial charge in [0.1, 0.15) is 11.1 Å². The average molecular weight is 379 g/mol. The number of aromatic nitrogens is 1. The summed E-state index contributed by atoms with van der Waals surface area (Å²) in [5.41, 5.74) is 5.34. The van der Waals surface area contributed by atoms with Gasteiger partial charge in [0.25, 0.3) is 0 Å². The molecule has 0 unspecified atom stereocenters. The number of nitrogens with zero attached hydrogens (tertiary/aromatic N) is 2. The van der Waals surface area contributed by atoms with E-state index in [9.17, 15) is 9.47 Å². The zero-order valence-electron chi connectivity index (χ0n) is 14.6. The van der Waals surface area contributed by atoms with E-state index in [1.807, 2.05) is 67.6 Å². The number of aryl methyl sites for hydroxylation is 1. The summed E-state index contributed by atoms with van der Waals surface area (Å²) < 4.78 is 11.5. The third kappa shape index (κ3) is 4.21. The summed E-state index contributed by atoms with van der Waals surface area (Å²) in [4.78, 5) is 4.71. The fraction of sp³-hybridized carbons (Fsp3) is 0.143. The second kappa shape index (κ2) is 8.31. The van der Waals surface area contributed by atoms with Crippen molar-refractivity contribution in [2.24, 2.45) is 0 Å². The first-order valence-corrected chi connectivity index (χ1v) is 10.8. The van der Waals surface area contributed by atoms with Crippen molar-refractivity contribution in [3.63, 3.8) is 0 Å². The van der Waals surface area contributed by atoms with Gasteiger partial charge in [-0.1, -0.05) is 71.9 Å². The second-order valence-electron chi connectivity index (χ2n) is 5.91. The van der Waals surface area contributed by atoms with Crippen LogP contribution in [0.15, 0.2) is 65.7 Å². The molecule has 5 heteroatoms. The highest BCUT2D eigenvalue weighted by Crippen LogP contribution is 2.34. The van der Waals surface area contributed by atoms with E-state index in [1.54, 1.807) is 6.26 Å². The van der Waals surface area contributed by atoms with Crippen LogP contribution in [0.4, 0.5) is 0 Å². The molecular weight excluding hydrogens is 360 g/mol. The van der Waals surface area contributed by atoms with E-state index in [-0.39, 0.29) is 0 Å². The fourth-order valence-electron chi connectivity index (χ4n) is 2.59. The lowest BCUT2D eigenvalue weighted by atomic mass is 9.99. The van der Waals surface area contributed by atoms with Crippen LogP contribution >= 0.6 is 11.8 Å². The summed E-state index contributed by atoms with van der Waals surface area (Å²) in [7, 11) is -0.968. The van der Waals surface area contributed by atoms with Gasteiger partial charge in [-0.15, -0.1) is 0 Å². The minimum absolute atomic E-state index is 0.410. The van der Waals surface area contributed by atoms with Crippen molar-refractivity contribution in [3.8, 4) is 28.5 Å². The first-order valence-electron chi connectivity index (χ1n) is 8.09. The Bertz CT molecular complexity index is 977. The molecule has 0 saturated heterocycles. The molecule has 0 spiro atoms. The van der Waals surface area contributed by atoms with Crippen molar-refractivity contribution in [2.75, 3.05) is 11.3 Å². The highest BCUT2D eigenvalue weighted by atomic mass is 32.2. The van der Waals surface area contributed by atoms with E-state index in [0.29, 0.717) is 15.7 Å². The Labute approximate surface area is 160 Å². The van der Waals surface area contributed by atoms with E-state index in [2.05, 4.69) is 6.07 Å². The normalized spacial score (nSPS) is 11.7. The molecule has 0 aliphatic heterocycles. The van der Waals surface area contributed by atoms with E-state index < -0.39 is 10.8 Å². The molecule has 0 fully saturated rings. The van der Waals surface area contributed by atoms with Crippen LogP contribution < -0.4 is 0 Å². The van der Waals surface area contributed by atoms with Crippen LogP contribution in [0.5, 0.6) is 0 Å². The summed E-state index contributed by atoms with van der Waals surface area (Å²) in [6.45, 7) is 2.04. The van der Waals surface area contributed by atoms with Gasteiger partial charge in [-0.2, -0.15) is 5.26 Å².